The third kappa shape index (κ3) is 3.30. The molecule has 0 fully saturated rings. The van der Waals surface area contributed by atoms with Gasteiger partial charge in [0, 0.05) is 4.47 Å². The Hall–Kier alpha value is -1.03. The molecule has 0 heterocycles. The highest BCUT2D eigenvalue weighted by molar-refractivity contribution is 9.10. The Labute approximate surface area is 126 Å². The van der Waals surface area contributed by atoms with Crippen molar-refractivity contribution in [2.45, 2.75) is 13.0 Å². The molecule has 0 aliphatic rings. The molecule has 0 aliphatic heterocycles. The van der Waals surface area contributed by atoms with Gasteiger partial charge in [-0.2, -0.15) is 0 Å². The van der Waals surface area contributed by atoms with Gasteiger partial charge in [0.15, 0.2) is 0 Å². The van der Waals surface area contributed by atoms with Crippen LogP contribution in [0.1, 0.15) is 24.1 Å². The Kier molecular flexibility index (Phi) is 4.86. The number of rotatable bonds is 4. The lowest BCUT2D eigenvalue weighted by atomic mass is 9.99. The standard InChI is InChI=1S/C15H15BrClNO/c1-2-19-11-8-6-10(7-9-11)15(18)12-4-3-5-13(16)14(12)17/h3-9,15H,2,18H2,1H3. The molecule has 0 aromatic heterocycles. The summed E-state index contributed by atoms with van der Waals surface area (Å²) in [6.07, 6.45) is 0. The smallest absolute Gasteiger partial charge is 0.119 e. The molecule has 0 saturated heterocycles. The molecular formula is C15H15BrClNO. The summed E-state index contributed by atoms with van der Waals surface area (Å²) < 4.78 is 6.27. The van der Waals surface area contributed by atoms with Crippen molar-refractivity contribution in [1.82, 2.24) is 0 Å². The Morgan fingerprint density at radius 2 is 1.89 bits per heavy atom. The molecule has 2 nitrogen and oxygen atoms in total. The number of ether oxygens (including phenoxy) is 1. The topological polar surface area (TPSA) is 35.2 Å². The first-order chi connectivity index (χ1) is 9.13. The second-order valence-corrected chi connectivity index (χ2v) is 5.36. The monoisotopic (exact) mass is 339 g/mol. The van der Waals surface area contributed by atoms with Gasteiger partial charge in [-0.05, 0) is 52.2 Å². The Bertz CT molecular complexity index is 557. The highest BCUT2D eigenvalue weighted by atomic mass is 79.9. The maximum atomic E-state index is 6.27. The number of hydrogen-bond acceptors (Lipinski definition) is 2. The summed E-state index contributed by atoms with van der Waals surface area (Å²) in [6, 6.07) is 13.3. The van der Waals surface area contributed by atoms with E-state index in [-0.39, 0.29) is 6.04 Å². The fourth-order valence-corrected chi connectivity index (χ4v) is 2.50. The van der Waals surface area contributed by atoms with Crippen LogP contribution in [-0.2, 0) is 0 Å². The van der Waals surface area contributed by atoms with Gasteiger partial charge in [-0.1, -0.05) is 35.9 Å². The van der Waals surface area contributed by atoms with Crippen LogP contribution in [0.15, 0.2) is 46.9 Å². The molecule has 19 heavy (non-hydrogen) atoms. The summed E-state index contributed by atoms with van der Waals surface area (Å²) in [5.74, 6) is 0.846. The average molecular weight is 341 g/mol. The maximum Gasteiger partial charge on any atom is 0.119 e. The highest BCUT2D eigenvalue weighted by Gasteiger charge is 2.14. The predicted octanol–water partition coefficient (Wildman–Crippen LogP) is 4.55. The van der Waals surface area contributed by atoms with Crippen molar-refractivity contribution in [3.8, 4) is 5.75 Å². The van der Waals surface area contributed by atoms with Crippen molar-refractivity contribution < 1.29 is 4.74 Å². The summed E-state index contributed by atoms with van der Waals surface area (Å²) >= 11 is 9.68. The van der Waals surface area contributed by atoms with Crippen LogP contribution < -0.4 is 10.5 Å². The van der Waals surface area contributed by atoms with E-state index in [1.54, 1.807) is 0 Å². The third-order valence-electron chi connectivity index (χ3n) is 2.87. The van der Waals surface area contributed by atoms with E-state index in [1.165, 1.54) is 0 Å². The molecule has 0 spiro atoms. The zero-order chi connectivity index (χ0) is 13.8. The van der Waals surface area contributed by atoms with Gasteiger partial charge in [0.25, 0.3) is 0 Å². The van der Waals surface area contributed by atoms with Gasteiger partial charge >= 0.3 is 0 Å². The van der Waals surface area contributed by atoms with Gasteiger partial charge in [0.1, 0.15) is 5.75 Å². The summed E-state index contributed by atoms with van der Waals surface area (Å²) in [7, 11) is 0. The zero-order valence-corrected chi connectivity index (χ0v) is 12.9. The number of hydrogen-bond donors (Lipinski definition) is 1. The van der Waals surface area contributed by atoms with E-state index in [0.717, 1.165) is 21.3 Å². The van der Waals surface area contributed by atoms with E-state index in [4.69, 9.17) is 22.1 Å². The molecule has 1 unspecified atom stereocenters. The van der Waals surface area contributed by atoms with E-state index >= 15 is 0 Å². The number of halogens is 2. The second-order valence-electron chi connectivity index (χ2n) is 4.12. The minimum absolute atomic E-state index is 0.249. The van der Waals surface area contributed by atoms with Gasteiger partial charge in [-0.25, -0.2) is 0 Å². The Morgan fingerprint density at radius 1 is 1.21 bits per heavy atom. The van der Waals surface area contributed by atoms with E-state index in [1.807, 2.05) is 49.4 Å². The third-order valence-corrected chi connectivity index (χ3v) is 4.18. The van der Waals surface area contributed by atoms with Crippen molar-refractivity contribution in [3.05, 3.63) is 63.1 Å². The van der Waals surface area contributed by atoms with E-state index < -0.39 is 0 Å². The molecular weight excluding hydrogens is 326 g/mol. The highest BCUT2D eigenvalue weighted by Crippen LogP contribution is 2.32. The molecule has 1 atom stereocenters. The van der Waals surface area contributed by atoms with Crippen LogP contribution in [0.4, 0.5) is 0 Å². The van der Waals surface area contributed by atoms with Crippen molar-refractivity contribution >= 4 is 27.5 Å². The number of benzene rings is 2. The van der Waals surface area contributed by atoms with Crippen molar-refractivity contribution in [2.75, 3.05) is 6.61 Å². The minimum atomic E-state index is -0.249. The van der Waals surface area contributed by atoms with E-state index in [2.05, 4.69) is 15.9 Å². The quantitative estimate of drug-likeness (QED) is 0.886. The molecule has 4 heteroatoms. The molecule has 100 valence electrons. The first-order valence-corrected chi connectivity index (χ1v) is 7.22. The Morgan fingerprint density at radius 3 is 2.53 bits per heavy atom. The van der Waals surface area contributed by atoms with Gasteiger partial charge in [0.05, 0.1) is 17.7 Å². The molecule has 2 aromatic carbocycles. The SMILES string of the molecule is CCOc1ccc(C(N)c2cccc(Br)c2Cl)cc1. The van der Waals surface area contributed by atoms with Crippen LogP contribution in [0.5, 0.6) is 5.75 Å². The van der Waals surface area contributed by atoms with Crippen LogP contribution in [-0.4, -0.2) is 6.61 Å². The maximum absolute atomic E-state index is 6.27. The van der Waals surface area contributed by atoms with Gasteiger partial charge in [-0.3, -0.25) is 0 Å². The van der Waals surface area contributed by atoms with Crippen LogP contribution in [0.25, 0.3) is 0 Å². The molecule has 0 aliphatic carbocycles. The zero-order valence-electron chi connectivity index (χ0n) is 10.6. The van der Waals surface area contributed by atoms with Crippen LogP contribution in [0.2, 0.25) is 5.02 Å². The van der Waals surface area contributed by atoms with E-state index in [0.29, 0.717) is 11.6 Å². The summed E-state index contributed by atoms with van der Waals surface area (Å²) in [6.45, 7) is 2.61. The molecule has 2 rings (SSSR count). The van der Waals surface area contributed by atoms with Crippen LogP contribution in [0.3, 0.4) is 0 Å². The largest absolute Gasteiger partial charge is 0.494 e. The second kappa shape index (κ2) is 6.42. The molecule has 2 aromatic rings. The van der Waals surface area contributed by atoms with Gasteiger partial charge in [0.2, 0.25) is 0 Å². The van der Waals surface area contributed by atoms with Gasteiger partial charge < -0.3 is 10.5 Å². The first kappa shape index (κ1) is 14.4. The lowest BCUT2D eigenvalue weighted by Crippen LogP contribution is -2.12. The number of nitrogens with two attached hydrogens (primary N) is 1. The van der Waals surface area contributed by atoms with E-state index in [9.17, 15) is 0 Å². The molecule has 0 bridgehead atoms. The summed E-state index contributed by atoms with van der Waals surface area (Å²) in [5, 5.41) is 0.656. The van der Waals surface area contributed by atoms with Crippen molar-refractivity contribution in [3.63, 3.8) is 0 Å². The molecule has 0 radical (unpaired) electrons. The summed E-state index contributed by atoms with van der Waals surface area (Å²) in [5.41, 5.74) is 8.17. The van der Waals surface area contributed by atoms with Crippen molar-refractivity contribution in [1.29, 1.82) is 0 Å². The molecule has 0 amide bonds. The molecule has 2 N–H and O–H groups in total. The Balaban J connectivity index is 2.28. The first-order valence-electron chi connectivity index (χ1n) is 6.05. The fraction of sp³-hybridized carbons (Fsp3) is 0.200. The predicted molar refractivity (Wildman–Crippen MR) is 82.8 cm³/mol. The van der Waals surface area contributed by atoms with Crippen molar-refractivity contribution in [2.24, 2.45) is 5.73 Å². The normalized spacial score (nSPS) is 12.2. The van der Waals surface area contributed by atoms with Gasteiger partial charge in [-0.15, -0.1) is 0 Å². The lowest BCUT2D eigenvalue weighted by Gasteiger charge is -2.15. The lowest BCUT2D eigenvalue weighted by molar-refractivity contribution is 0.340. The average Bonchev–Trinajstić information content (AvgIpc) is 2.42. The minimum Gasteiger partial charge on any atom is -0.494 e. The van der Waals surface area contributed by atoms with Crippen LogP contribution >= 0.6 is 27.5 Å². The molecule has 0 saturated carbocycles. The van der Waals surface area contributed by atoms with Crippen LogP contribution in [0, 0.1) is 0 Å². The fourth-order valence-electron chi connectivity index (χ4n) is 1.88. The summed E-state index contributed by atoms with van der Waals surface area (Å²) in [4.78, 5) is 0.